The molecule has 3 aromatic rings. The number of fused-ring (bicyclic) bond motifs is 2. The van der Waals surface area contributed by atoms with Crippen LogP contribution in [0.3, 0.4) is 0 Å². The largest absolute Gasteiger partial charge is 0.388 e. The van der Waals surface area contributed by atoms with Crippen molar-refractivity contribution in [2.45, 2.75) is 118 Å². The molecule has 2 aromatic carbocycles. The lowest BCUT2D eigenvalue weighted by Crippen LogP contribution is -2.42. The molecule has 0 radical (unpaired) electrons. The van der Waals surface area contributed by atoms with E-state index in [1.54, 1.807) is 0 Å². The molecule has 2 saturated heterocycles. The molecule has 3 aliphatic heterocycles. The minimum atomic E-state index is -0.369. The van der Waals surface area contributed by atoms with Gasteiger partial charge >= 0.3 is 0 Å². The normalized spacial score (nSPS) is 21.2. The van der Waals surface area contributed by atoms with E-state index in [0.717, 1.165) is 94.6 Å². The van der Waals surface area contributed by atoms with E-state index in [9.17, 15) is 14.4 Å². The highest BCUT2D eigenvalue weighted by atomic mass is 32.2. The Bertz CT molecular complexity index is 2000. The van der Waals surface area contributed by atoms with Gasteiger partial charge in [-0.15, -0.1) is 0 Å². The van der Waals surface area contributed by atoms with Crippen molar-refractivity contribution >= 4 is 53.5 Å². The number of aromatic nitrogens is 2. The van der Waals surface area contributed by atoms with Gasteiger partial charge in [0, 0.05) is 79.1 Å². The minimum Gasteiger partial charge on any atom is -0.388 e. The third-order valence-corrected chi connectivity index (χ3v) is 14.2. The Morgan fingerprint density at radius 3 is 2.53 bits per heavy atom. The van der Waals surface area contributed by atoms with Crippen molar-refractivity contribution in [3.63, 3.8) is 0 Å². The van der Waals surface area contributed by atoms with E-state index in [4.69, 9.17) is 15.7 Å². The van der Waals surface area contributed by atoms with E-state index in [2.05, 4.69) is 78.4 Å². The maximum atomic E-state index is 13.6. The first-order valence-corrected chi connectivity index (χ1v) is 22.1. The molecule has 1 spiro atoms. The number of piperidine rings is 2. The smallest absolute Gasteiger partial charge is 0.249 e. The van der Waals surface area contributed by atoms with Crippen LogP contribution in [0.5, 0.6) is 0 Å². The molecule has 13 nitrogen and oxygen atoms in total. The van der Waals surface area contributed by atoms with Crippen LogP contribution in [-0.4, -0.2) is 95.1 Å². The Morgan fingerprint density at radius 1 is 1.03 bits per heavy atom. The van der Waals surface area contributed by atoms with Gasteiger partial charge in [0.2, 0.25) is 24.2 Å². The summed E-state index contributed by atoms with van der Waals surface area (Å²) >= 11 is 1.86. The summed E-state index contributed by atoms with van der Waals surface area (Å²) in [6.07, 6.45) is 14.4. The van der Waals surface area contributed by atoms with Crippen LogP contribution in [-0.2, 0) is 19.8 Å². The number of benzene rings is 2. The molecule has 1 aromatic heterocycles. The van der Waals surface area contributed by atoms with E-state index >= 15 is 0 Å². The van der Waals surface area contributed by atoms with Gasteiger partial charge in [-0.05, 0) is 125 Å². The number of nitrogens with two attached hydrogens (primary N) is 1. The summed E-state index contributed by atoms with van der Waals surface area (Å²) in [6, 6.07) is 16.1. The number of anilines is 3. The number of rotatable bonds is 14. The summed E-state index contributed by atoms with van der Waals surface area (Å²) < 4.78 is 2.48. The first-order chi connectivity index (χ1) is 28.3. The van der Waals surface area contributed by atoms with Crippen molar-refractivity contribution in [1.82, 2.24) is 24.5 Å². The maximum Gasteiger partial charge on any atom is 0.249 e. The number of likely N-dealkylation sites (tertiary alicyclic amines) is 1. The van der Waals surface area contributed by atoms with Crippen LogP contribution in [0.4, 0.5) is 17.5 Å². The van der Waals surface area contributed by atoms with Crippen LogP contribution in [0.2, 0.25) is 0 Å². The summed E-state index contributed by atoms with van der Waals surface area (Å²) in [6.45, 7) is 6.53. The molecular weight excluding hydrogens is 749 g/mol. The fourth-order valence-corrected chi connectivity index (χ4v) is 10.5. The number of nitrogens with zero attached hydrogens (tertiary/aromatic N) is 6. The van der Waals surface area contributed by atoms with Crippen LogP contribution >= 0.6 is 11.9 Å². The van der Waals surface area contributed by atoms with E-state index in [1.807, 2.05) is 31.3 Å². The van der Waals surface area contributed by atoms with E-state index in [-0.39, 0.29) is 42.1 Å². The average molecular weight is 807 g/mol. The van der Waals surface area contributed by atoms with Gasteiger partial charge in [0.25, 0.3) is 0 Å². The molecule has 2 saturated carbocycles. The number of hydrogen-bond donors (Lipinski definition) is 4. The zero-order valence-corrected chi connectivity index (χ0v) is 34.7. The van der Waals surface area contributed by atoms with Gasteiger partial charge in [-0.1, -0.05) is 37.5 Å². The minimum absolute atomic E-state index is 0.100. The number of amidine groups is 1. The molecule has 308 valence electrons. The van der Waals surface area contributed by atoms with E-state index in [1.165, 1.54) is 35.3 Å². The van der Waals surface area contributed by atoms with Gasteiger partial charge in [0.1, 0.15) is 11.7 Å². The van der Waals surface area contributed by atoms with Gasteiger partial charge in [-0.3, -0.25) is 24.2 Å². The van der Waals surface area contributed by atoms with Crippen molar-refractivity contribution in [2.24, 2.45) is 10.7 Å². The van der Waals surface area contributed by atoms with Crippen LogP contribution in [0.25, 0.3) is 0 Å². The second-order valence-corrected chi connectivity index (χ2v) is 17.9. The molecule has 5 aliphatic rings. The number of hydrogen-bond acceptors (Lipinski definition) is 10. The van der Waals surface area contributed by atoms with E-state index < -0.39 is 0 Å². The van der Waals surface area contributed by atoms with Gasteiger partial charge in [-0.25, -0.2) is 9.29 Å². The molecule has 4 fully saturated rings. The van der Waals surface area contributed by atoms with Gasteiger partial charge < -0.3 is 21.7 Å². The Hall–Kier alpha value is -4.53. The lowest BCUT2D eigenvalue weighted by Gasteiger charge is -2.37. The summed E-state index contributed by atoms with van der Waals surface area (Å²) in [5.41, 5.74) is 11.1. The lowest BCUT2D eigenvalue weighted by atomic mass is 9.87. The van der Waals surface area contributed by atoms with Crippen molar-refractivity contribution in [2.75, 3.05) is 55.3 Å². The lowest BCUT2D eigenvalue weighted by molar-refractivity contribution is -0.121. The highest BCUT2D eigenvalue weighted by Gasteiger charge is 2.61. The fourth-order valence-electron chi connectivity index (χ4n) is 9.51. The van der Waals surface area contributed by atoms with Crippen molar-refractivity contribution in [3.8, 4) is 0 Å². The second-order valence-electron chi connectivity index (χ2n) is 16.7. The molecule has 0 bridgehead atoms. The molecule has 2 aliphatic carbocycles. The van der Waals surface area contributed by atoms with Gasteiger partial charge in [-0.2, -0.15) is 9.98 Å². The number of amides is 3. The highest BCUT2D eigenvalue weighted by molar-refractivity contribution is 7.97. The molecule has 3 amide bonds. The molecule has 1 atom stereocenters. The standard InChI is InChI=1S/C44H58N10O3S/c1-29(52-21-14-30(15-22-52)32-11-12-36(38(26-32)46-2)40(45)50-39(56)13-20-47-28-55)31-7-6-10-35(25-31)58-53-23-16-33(17-24-53)49-43-48-27-37-41(51-43)54(34-8-4-3-5-9-34)42(57)44(37)18-19-44/h6-7,10-12,25-30,33-34,46H,3-5,8-9,13-24H2,1-2H3,(H,47,55)(H2,45,50,56)(H,48,49,51). The molecule has 14 heteroatoms. The average Bonchev–Trinajstić information content (AvgIpc) is 4.03. The Morgan fingerprint density at radius 2 is 1.81 bits per heavy atom. The Kier molecular flexibility index (Phi) is 12.3. The predicted octanol–water partition coefficient (Wildman–Crippen LogP) is 6.12. The highest BCUT2D eigenvalue weighted by Crippen LogP contribution is 2.57. The summed E-state index contributed by atoms with van der Waals surface area (Å²) in [5.74, 6) is 2.04. The number of carbonyl (C=O) groups excluding carboxylic acids is 3. The van der Waals surface area contributed by atoms with Crippen LogP contribution < -0.4 is 26.6 Å². The van der Waals surface area contributed by atoms with Crippen molar-refractivity contribution in [3.05, 3.63) is 70.9 Å². The Balaban J connectivity index is 0.819. The van der Waals surface area contributed by atoms with Gasteiger partial charge in [0.15, 0.2) is 0 Å². The number of nitrogens with one attached hydrogen (secondary N) is 3. The maximum absolute atomic E-state index is 13.6. The van der Waals surface area contributed by atoms with Crippen LogP contribution in [0.1, 0.15) is 118 Å². The first kappa shape index (κ1) is 40.3. The van der Waals surface area contributed by atoms with Crippen molar-refractivity contribution in [1.29, 1.82) is 0 Å². The zero-order valence-electron chi connectivity index (χ0n) is 33.9. The molecule has 8 rings (SSSR count). The van der Waals surface area contributed by atoms with Crippen LogP contribution in [0.15, 0.2) is 58.5 Å². The Labute approximate surface area is 346 Å². The number of carbonyl (C=O) groups is 3. The molecule has 5 N–H and O–H groups in total. The first-order valence-electron chi connectivity index (χ1n) is 21.4. The molecule has 58 heavy (non-hydrogen) atoms. The third-order valence-electron chi connectivity index (χ3n) is 13.1. The van der Waals surface area contributed by atoms with Gasteiger partial charge in [0.05, 0.1) is 5.41 Å². The zero-order chi connectivity index (χ0) is 40.2. The summed E-state index contributed by atoms with van der Waals surface area (Å²) in [5, 5.41) is 9.35. The SMILES string of the molecule is CNc1cc(C2CCN(C(C)c3cccc(SN4CCC(Nc5ncc6c(n5)N(C5CCCCC5)C(=O)C65CC5)CC4)c3)CC2)ccc1C(N)=NC(=O)CCNC=O. The van der Waals surface area contributed by atoms with E-state index in [0.29, 0.717) is 35.9 Å². The summed E-state index contributed by atoms with van der Waals surface area (Å²) in [7, 11) is 1.85. The molecule has 4 heterocycles. The molecule has 1 unspecified atom stereocenters. The summed E-state index contributed by atoms with van der Waals surface area (Å²) in [4.78, 5) is 56.0. The molecular formula is C44H58N10O3S. The second kappa shape index (κ2) is 17.8. The third kappa shape index (κ3) is 8.60. The topological polar surface area (TPSA) is 161 Å². The monoisotopic (exact) mass is 806 g/mol. The van der Waals surface area contributed by atoms with Crippen molar-refractivity contribution < 1.29 is 14.4 Å². The fraction of sp³-hybridized carbons (Fsp3) is 0.545. The number of aliphatic imine (C=N–C) groups is 1. The van der Waals surface area contributed by atoms with Crippen LogP contribution in [0, 0.1) is 0 Å². The predicted molar refractivity (Wildman–Crippen MR) is 230 cm³/mol. The quantitative estimate of drug-likeness (QED) is 0.0489.